The monoisotopic (exact) mass is 431 g/mol. The summed E-state index contributed by atoms with van der Waals surface area (Å²) in [7, 11) is 0. The van der Waals surface area contributed by atoms with Crippen LogP contribution in [0.5, 0.6) is 5.88 Å². The maximum atomic E-state index is 14.1. The second kappa shape index (κ2) is 7.35. The number of carbonyl (C=O) groups is 1. The van der Waals surface area contributed by atoms with Crippen LogP contribution in [-0.2, 0) is 4.79 Å². The molecule has 0 radical (unpaired) electrons. The summed E-state index contributed by atoms with van der Waals surface area (Å²) in [5.74, 6) is -1.09. The highest BCUT2D eigenvalue weighted by atomic mass is 35.5. The van der Waals surface area contributed by atoms with Gasteiger partial charge in [-0.3, -0.25) is 4.99 Å². The Kier molecular flexibility index (Phi) is 4.86. The summed E-state index contributed by atoms with van der Waals surface area (Å²) in [6.07, 6.45) is 3.38. The quantitative estimate of drug-likeness (QED) is 0.601. The molecule has 9 heteroatoms. The zero-order valence-electron chi connectivity index (χ0n) is 14.6. The number of allylic oxidation sites excluding steroid dienone is 1. The summed E-state index contributed by atoms with van der Waals surface area (Å²) in [6, 6.07) is 8.27. The average Bonchev–Trinajstić information content (AvgIpc) is 3.23. The second-order valence-electron chi connectivity index (χ2n) is 6.29. The van der Waals surface area contributed by atoms with Gasteiger partial charge in [-0.25, -0.2) is 13.8 Å². The molecular weight excluding hydrogens is 420 g/mol. The Morgan fingerprint density at radius 3 is 2.59 bits per heavy atom. The number of hydrogen-bond acceptors (Lipinski definition) is 4. The predicted octanol–water partition coefficient (Wildman–Crippen LogP) is 4.37. The molecule has 1 aromatic heterocycles. The Morgan fingerprint density at radius 1 is 1.17 bits per heavy atom. The lowest BCUT2D eigenvalue weighted by molar-refractivity contribution is -0.109. The van der Waals surface area contributed by atoms with E-state index in [-0.39, 0.29) is 16.4 Å². The highest BCUT2D eigenvalue weighted by Gasteiger charge is 2.23. The maximum absolute atomic E-state index is 14.1. The van der Waals surface area contributed by atoms with Crippen LogP contribution in [0.25, 0.3) is 11.6 Å². The molecule has 0 spiro atoms. The Bertz CT molecular complexity index is 1240. The first-order chi connectivity index (χ1) is 13.9. The molecule has 1 unspecified atom stereocenters. The van der Waals surface area contributed by atoms with E-state index in [0.717, 1.165) is 4.57 Å². The third kappa shape index (κ3) is 3.28. The first-order valence-corrected chi connectivity index (χ1v) is 9.14. The van der Waals surface area contributed by atoms with Gasteiger partial charge < -0.3 is 14.9 Å². The lowest BCUT2D eigenvalue weighted by Crippen LogP contribution is -2.23. The summed E-state index contributed by atoms with van der Waals surface area (Å²) in [5.41, 5.74) is 0.860. The molecule has 0 amide bonds. The molecule has 4 rings (SSSR count). The van der Waals surface area contributed by atoms with E-state index in [2.05, 4.69) is 9.98 Å². The van der Waals surface area contributed by atoms with Gasteiger partial charge in [0, 0.05) is 22.4 Å². The van der Waals surface area contributed by atoms with Crippen molar-refractivity contribution >= 4 is 53.0 Å². The Balaban J connectivity index is 1.78. The zero-order valence-corrected chi connectivity index (χ0v) is 16.1. The fraction of sp³-hybridized carbons (Fsp3) is 0.0500. The van der Waals surface area contributed by atoms with E-state index in [0.29, 0.717) is 28.0 Å². The molecule has 0 aliphatic carbocycles. The van der Waals surface area contributed by atoms with E-state index in [1.807, 2.05) is 0 Å². The number of carbonyl (C=O) groups excluding carboxylic acids is 1. The van der Waals surface area contributed by atoms with Crippen LogP contribution in [0.3, 0.4) is 0 Å². The molecule has 0 bridgehead atoms. The van der Waals surface area contributed by atoms with Crippen LogP contribution >= 0.6 is 23.2 Å². The number of nitrogens with zero attached hydrogens (tertiary/aromatic N) is 2. The number of nitrogens with one attached hydrogen (secondary N) is 1. The summed E-state index contributed by atoms with van der Waals surface area (Å²) in [4.78, 5) is 30.6. The molecule has 3 aromatic rings. The van der Waals surface area contributed by atoms with Crippen LogP contribution in [0, 0.1) is 5.82 Å². The molecule has 0 saturated heterocycles. The number of aldehydes is 1. The van der Waals surface area contributed by atoms with Crippen LogP contribution in [0.15, 0.2) is 46.2 Å². The number of rotatable bonds is 4. The molecule has 0 fully saturated rings. The number of aliphatic imine (C=N–C) groups is 1. The number of aromatic amines is 1. The van der Waals surface area contributed by atoms with Crippen molar-refractivity contribution in [2.24, 2.45) is 4.99 Å². The molecule has 0 saturated carbocycles. The van der Waals surface area contributed by atoms with Crippen molar-refractivity contribution in [1.82, 2.24) is 9.55 Å². The van der Waals surface area contributed by atoms with Crippen molar-refractivity contribution in [2.45, 2.75) is 6.04 Å². The smallest absolute Gasteiger partial charge is 0.329 e. The summed E-state index contributed by atoms with van der Waals surface area (Å²) >= 11 is 11.6. The largest absolute Gasteiger partial charge is 0.493 e. The van der Waals surface area contributed by atoms with E-state index >= 15 is 0 Å². The van der Waals surface area contributed by atoms with Gasteiger partial charge in [0.1, 0.15) is 23.7 Å². The van der Waals surface area contributed by atoms with Crippen molar-refractivity contribution in [2.75, 3.05) is 0 Å². The number of aromatic nitrogens is 2. The Labute approximate surface area is 173 Å². The Hall–Kier alpha value is -3.16. The number of halogens is 3. The van der Waals surface area contributed by atoms with Crippen LogP contribution in [0.1, 0.15) is 22.9 Å². The van der Waals surface area contributed by atoms with Gasteiger partial charge in [-0.2, -0.15) is 0 Å². The first kappa shape index (κ1) is 19.2. The van der Waals surface area contributed by atoms with Crippen LogP contribution in [0.4, 0.5) is 10.1 Å². The minimum absolute atomic E-state index is 0.0543. The van der Waals surface area contributed by atoms with Gasteiger partial charge in [0.25, 0.3) is 0 Å². The summed E-state index contributed by atoms with van der Waals surface area (Å²) < 4.78 is 15.0. The van der Waals surface area contributed by atoms with E-state index in [9.17, 15) is 19.1 Å². The van der Waals surface area contributed by atoms with Crippen molar-refractivity contribution in [3.05, 3.63) is 79.6 Å². The Morgan fingerprint density at radius 2 is 1.90 bits per heavy atom. The van der Waals surface area contributed by atoms with Gasteiger partial charge in [0.2, 0.25) is 5.88 Å². The SMILES string of the molecule is O=CC(c1ccc(Cl)cc1)n1c(O)c(C=C2C=Nc3c2ccc(Cl)c3F)[nH]c1=O. The third-order valence-corrected chi connectivity index (χ3v) is 5.10. The highest BCUT2D eigenvalue weighted by Crippen LogP contribution is 2.38. The molecule has 2 heterocycles. The van der Waals surface area contributed by atoms with Gasteiger partial charge in [-0.05, 0) is 29.8 Å². The van der Waals surface area contributed by atoms with Gasteiger partial charge in [0.15, 0.2) is 5.82 Å². The fourth-order valence-electron chi connectivity index (χ4n) is 3.14. The third-order valence-electron chi connectivity index (χ3n) is 4.56. The molecule has 1 atom stereocenters. The number of H-pyrrole nitrogens is 1. The minimum Gasteiger partial charge on any atom is -0.493 e. The number of aromatic hydroxyl groups is 1. The van der Waals surface area contributed by atoms with E-state index in [1.165, 1.54) is 18.4 Å². The standard InChI is InChI=1S/C20H12Cl2FN3O3/c21-12-3-1-10(2-4-12)16(9-27)26-19(28)15(25-20(26)29)7-11-8-24-18-13(11)5-6-14(22)17(18)23/h1-9,16,28H,(H,25,29). The number of fused-ring (bicyclic) bond motifs is 1. The van der Waals surface area contributed by atoms with Crippen LogP contribution in [0.2, 0.25) is 10.0 Å². The number of benzene rings is 2. The maximum Gasteiger partial charge on any atom is 0.329 e. The molecule has 2 N–H and O–H groups in total. The van der Waals surface area contributed by atoms with E-state index in [4.69, 9.17) is 23.2 Å². The molecule has 146 valence electrons. The lowest BCUT2D eigenvalue weighted by atomic mass is 10.1. The molecule has 29 heavy (non-hydrogen) atoms. The molecule has 1 aliphatic rings. The van der Waals surface area contributed by atoms with Crippen molar-refractivity contribution in [3.63, 3.8) is 0 Å². The van der Waals surface area contributed by atoms with Gasteiger partial charge in [-0.15, -0.1) is 0 Å². The van der Waals surface area contributed by atoms with Gasteiger partial charge in [-0.1, -0.05) is 41.4 Å². The molecular formula is C20H12Cl2FN3O3. The second-order valence-corrected chi connectivity index (χ2v) is 7.13. The number of imidazole rings is 1. The summed E-state index contributed by atoms with van der Waals surface area (Å²) in [5, 5.41) is 11.0. The summed E-state index contributed by atoms with van der Waals surface area (Å²) in [6.45, 7) is 0. The van der Waals surface area contributed by atoms with E-state index in [1.54, 1.807) is 30.3 Å². The molecule has 6 nitrogen and oxygen atoms in total. The van der Waals surface area contributed by atoms with Gasteiger partial charge in [0.05, 0.1) is 5.02 Å². The number of hydrogen-bond donors (Lipinski definition) is 2. The van der Waals surface area contributed by atoms with Crippen molar-refractivity contribution in [3.8, 4) is 5.88 Å². The predicted molar refractivity (Wildman–Crippen MR) is 110 cm³/mol. The van der Waals surface area contributed by atoms with Crippen molar-refractivity contribution < 1.29 is 14.3 Å². The fourth-order valence-corrected chi connectivity index (χ4v) is 3.42. The highest BCUT2D eigenvalue weighted by molar-refractivity contribution is 6.32. The zero-order chi connectivity index (χ0) is 20.7. The van der Waals surface area contributed by atoms with E-state index < -0.39 is 23.4 Å². The van der Waals surface area contributed by atoms with Crippen molar-refractivity contribution in [1.29, 1.82) is 0 Å². The topological polar surface area (TPSA) is 87.4 Å². The molecule has 1 aliphatic heterocycles. The normalized spacial score (nSPS) is 14.9. The minimum atomic E-state index is -1.05. The van der Waals surface area contributed by atoms with Crippen LogP contribution < -0.4 is 5.69 Å². The molecule has 2 aromatic carbocycles. The average molecular weight is 432 g/mol. The first-order valence-electron chi connectivity index (χ1n) is 8.39. The van der Waals surface area contributed by atoms with Gasteiger partial charge >= 0.3 is 5.69 Å². The van der Waals surface area contributed by atoms with Crippen LogP contribution in [-0.4, -0.2) is 27.2 Å². The lowest BCUT2D eigenvalue weighted by Gasteiger charge is -2.12.